The van der Waals surface area contributed by atoms with Crippen LogP contribution in [0.2, 0.25) is 0 Å². The molecule has 0 unspecified atom stereocenters. The van der Waals surface area contributed by atoms with Crippen LogP contribution in [0.15, 0.2) is 18.3 Å². The van der Waals surface area contributed by atoms with Crippen LogP contribution < -0.4 is 5.32 Å². The third-order valence-corrected chi connectivity index (χ3v) is 5.31. The zero-order valence-corrected chi connectivity index (χ0v) is 14.5. The highest BCUT2D eigenvalue weighted by molar-refractivity contribution is 5.92. The van der Waals surface area contributed by atoms with Crippen molar-refractivity contribution in [2.75, 3.05) is 33.7 Å². The molecule has 0 aromatic carbocycles. The van der Waals surface area contributed by atoms with Gasteiger partial charge in [0.1, 0.15) is 5.69 Å². The first kappa shape index (κ1) is 16.9. The fraction of sp³-hybridized carbons (Fsp3) is 0.611. The molecule has 3 heterocycles. The molecule has 6 heteroatoms. The summed E-state index contributed by atoms with van der Waals surface area (Å²) in [6.45, 7) is 2.33. The molecule has 3 rings (SSSR count). The third-order valence-electron chi connectivity index (χ3n) is 5.31. The van der Waals surface area contributed by atoms with Crippen LogP contribution in [0.3, 0.4) is 0 Å². The van der Waals surface area contributed by atoms with Crippen LogP contribution in [0, 0.1) is 5.92 Å². The molecule has 1 aromatic heterocycles. The molecule has 130 valence electrons. The molecule has 0 bridgehead atoms. The van der Waals surface area contributed by atoms with E-state index >= 15 is 0 Å². The van der Waals surface area contributed by atoms with Gasteiger partial charge in [-0.3, -0.25) is 19.5 Å². The summed E-state index contributed by atoms with van der Waals surface area (Å²) in [6.07, 6.45) is 5.50. The Morgan fingerprint density at radius 3 is 2.58 bits per heavy atom. The summed E-state index contributed by atoms with van der Waals surface area (Å²) in [6, 6.07) is 4.35. The molecule has 6 nitrogen and oxygen atoms in total. The van der Waals surface area contributed by atoms with Gasteiger partial charge in [-0.1, -0.05) is 0 Å². The number of hydrogen-bond acceptors (Lipinski definition) is 4. The fourth-order valence-corrected chi connectivity index (χ4v) is 3.81. The SMILES string of the molecule is CNC(=O)C1CCN(C(=O)c2cc([C@H]3CCCN3C)ccn2)CC1. The second kappa shape index (κ2) is 7.30. The van der Waals surface area contributed by atoms with Gasteiger partial charge in [-0.15, -0.1) is 0 Å². The maximum Gasteiger partial charge on any atom is 0.272 e. The number of rotatable bonds is 3. The standard InChI is InChI=1S/C18H26N4O2/c1-19-17(23)13-6-10-22(11-7-13)18(24)15-12-14(5-8-20-15)16-4-3-9-21(16)2/h5,8,12-13,16H,3-4,6-7,9-11H2,1-2H3,(H,19,23)/t16-/m1/s1. The number of carbonyl (C=O) groups is 2. The lowest BCUT2D eigenvalue weighted by atomic mass is 9.95. The first-order chi connectivity index (χ1) is 11.6. The lowest BCUT2D eigenvalue weighted by Gasteiger charge is -2.31. The second-order valence-electron chi connectivity index (χ2n) is 6.79. The number of carbonyl (C=O) groups excluding carboxylic acids is 2. The second-order valence-corrected chi connectivity index (χ2v) is 6.79. The number of hydrogen-bond donors (Lipinski definition) is 1. The molecule has 0 radical (unpaired) electrons. The molecular weight excluding hydrogens is 304 g/mol. The van der Waals surface area contributed by atoms with Crippen LogP contribution >= 0.6 is 0 Å². The molecule has 0 aliphatic carbocycles. The summed E-state index contributed by atoms with van der Waals surface area (Å²) in [5.74, 6) is 0.0739. The molecule has 2 amide bonds. The minimum atomic E-state index is -0.0205. The largest absolute Gasteiger partial charge is 0.359 e. The smallest absolute Gasteiger partial charge is 0.272 e. The fourth-order valence-electron chi connectivity index (χ4n) is 3.81. The quantitative estimate of drug-likeness (QED) is 0.911. The van der Waals surface area contributed by atoms with E-state index in [0.717, 1.165) is 25.8 Å². The molecule has 1 aromatic rings. The Kier molecular flexibility index (Phi) is 5.14. The van der Waals surface area contributed by atoms with Crippen molar-refractivity contribution in [2.24, 2.45) is 5.92 Å². The van der Waals surface area contributed by atoms with Crippen molar-refractivity contribution in [3.05, 3.63) is 29.6 Å². The van der Waals surface area contributed by atoms with E-state index in [2.05, 4.69) is 22.2 Å². The number of likely N-dealkylation sites (tertiary alicyclic amines) is 2. The molecule has 1 atom stereocenters. The van der Waals surface area contributed by atoms with E-state index in [4.69, 9.17) is 0 Å². The number of piperidine rings is 1. The minimum absolute atomic E-state index is 0.0190. The highest BCUT2D eigenvalue weighted by Gasteiger charge is 2.29. The molecule has 24 heavy (non-hydrogen) atoms. The molecule has 0 saturated carbocycles. The van der Waals surface area contributed by atoms with E-state index in [9.17, 15) is 9.59 Å². The molecule has 2 aliphatic heterocycles. The number of amides is 2. The van der Waals surface area contributed by atoms with Crippen LogP contribution in [-0.4, -0.2) is 60.3 Å². The summed E-state index contributed by atoms with van der Waals surface area (Å²) < 4.78 is 0. The summed E-state index contributed by atoms with van der Waals surface area (Å²) in [5.41, 5.74) is 1.69. The molecule has 2 aliphatic rings. The van der Waals surface area contributed by atoms with Crippen LogP contribution in [0.5, 0.6) is 0 Å². The van der Waals surface area contributed by atoms with Gasteiger partial charge in [0.05, 0.1) is 0 Å². The summed E-state index contributed by atoms with van der Waals surface area (Å²) in [7, 11) is 3.79. The number of nitrogens with one attached hydrogen (secondary N) is 1. The van der Waals surface area contributed by atoms with Gasteiger partial charge in [-0.2, -0.15) is 0 Å². The average molecular weight is 330 g/mol. The predicted molar refractivity (Wildman–Crippen MR) is 91.5 cm³/mol. The number of nitrogens with zero attached hydrogens (tertiary/aromatic N) is 3. The Morgan fingerprint density at radius 2 is 1.96 bits per heavy atom. The lowest BCUT2D eigenvalue weighted by molar-refractivity contribution is -0.125. The van der Waals surface area contributed by atoms with Crippen LogP contribution in [0.4, 0.5) is 0 Å². The zero-order valence-electron chi connectivity index (χ0n) is 14.5. The van der Waals surface area contributed by atoms with Gasteiger partial charge in [0.25, 0.3) is 5.91 Å². The molecule has 1 N–H and O–H groups in total. The molecule has 0 spiro atoms. The average Bonchev–Trinajstić information content (AvgIpc) is 3.06. The Labute approximate surface area is 143 Å². The highest BCUT2D eigenvalue weighted by atomic mass is 16.2. The van der Waals surface area contributed by atoms with Gasteiger partial charge in [0.2, 0.25) is 5.91 Å². The van der Waals surface area contributed by atoms with Crippen molar-refractivity contribution in [3.8, 4) is 0 Å². The van der Waals surface area contributed by atoms with Gasteiger partial charge in [0, 0.05) is 38.3 Å². The van der Waals surface area contributed by atoms with Crippen molar-refractivity contribution in [1.29, 1.82) is 0 Å². The van der Waals surface area contributed by atoms with Crippen molar-refractivity contribution in [2.45, 2.75) is 31.7 Å². The van der Waals surface area contributed by atoms with Gasteiger partial charge in [0.15, 0.2) is 0 Å². The van der Waals surface area contributed by atoms with Crippen molar-refractivity contribution in [1.82, 2.24) is 20.1 Å². The van der Waals surface area contributed by atoms with Crippen LogP contribution in [-0.2, 0) is 4.79 Å². The van der Waals surface area contributed by atoms with E-state index in [0.29, 0.717) is 24.8 Å². The minimum Gasteiger partial charge on any atom is -0.359 e. The number of pyridine rings is 1. The van der Waals surface area contributed by atoms with Gasteiger partial charge in [-0.05, 0) is 57.0 Å². The first-order valence-electron chi connectivity index (χ1n) is 8.77. The lowest BCUT2D eigenvalue weighted by Crippen LogP contribution is -2.42. The Bertz CT molecular complexity index is 611. The van der Waals surface area contributed by atoms with Crippen molar-refractivity contribution < 1.29 is 9.59 Å². The Hall–Kier alpha value is -1.95. The highest BCUT2D eigenvalue weighted by Crippen LogP contribution is 2.30. The van der Waals surface area contributed by atoms with E-state index in [1.165, 1.54) is 12.0 Å². The summed E-state index contributed by atoms with van der Waals surface area (Å²) >= 11 is 0. The number of aromatic nitrogens is 1. The van der Waals surface area contributed by atoms with Crippen molar-refractivity contribution >= 4 is 11.8 Å². The monoisotopic (exact) mass is 330 g/mol. The summed E-state index contributed by atoms with van der Waals surface area (Å²) in [4.78, 5) is 32.9. The van der Waals surface area contributed by atoms with E-state index in [1.807, 2.05) is 17.0 Å². The molecule has 2 fully saturated rings. The maximum atomic E-state index is 12.7. The summed E-state index contributed by atoms with van der Waals surface area (Å²) in [5, 5.41) is 2.69. The van der Waals surface area contributed by atoms with Crippen LogP contribution in [0.1, 0.15) is 47.8 Å². The van der Waals surface area contributed by atoms with E-state index in [-0.39, 0.29) is 17.7 Å². The third kappa shape index (κ3) is 3.43. The van der Waals surface area contributed by atoms with Gasteiger partial charge >= 0.3 is 0 Å². The van der Waals surface area contributed by atoms with Crippen LogP contribution in [0.25, 0.3) is 0 Å². The predicted octanol–water partition coefficient (Wildman–Crippen LogP) is 1.45. The zero-order chi connectivity index (χ0) is 17.1. The van der Waals surface area contributed by atoms with E-state index < -0.39 is 0 Å². The Morgan fingerprint density at radius 1 is 1.21 bits per heavy atom. The topological polar surface area (TPSA) is 65.5 Å². The van der Waals surface area contributed by atoms with Gasteiger partial charge < -0.3 is 10.2 Å². The van der Waals surface area contributed by atoms with Crippen molar-refractivity contribution in [3.63, 3.8) is 0 Å². The first-order valence-corrected chi connectivity index (χ1v) is 8.77. The van der Waals surface area contributed by atoms with Gasteiger partial charge in [-0.25, -0.2) is 0 Å². The normalized spacial score (nSPS) is 22.6. The Balaban J connectivity index is 1.66. The maximum absolute atomic E-state index is 12.7. The molecular formula is C18H26N4O2. The van der Waals surface area contributed by atoms with E-state index in [1.54, 1.807) is 13.2 Å². The molecule has 2 saturated heterocycles.